The highest BCUT2D eigenvalue weighted by Crippen LogP contribution is 2.40. The first kappa shape index (κ1) is 14.7. The summed E-state index contributed by atoms with van der Waals surface area (Å²) in [5, 5.41) is 8.04. The molecule has 2 fully saturated rings. The predicted octanol–water partition coefficient (Wildman–Crippen LogP) is 3.08. The normalized spacial score (nSPS) is 19.4. The summed E-state index contributed by atoms with van der Waals surface area (Å²) in [7, 11) is 0. The molecule has 1 saturated heterocycles. The molecule has 0 bridgehead atoms. The highest BCUT2D eigenvalue weighted by atomic mass is 19.1. The van der Waals surface area contributed by atoms with Gasteiger partial charge in [0, 0.05) is 32.1 Å². The lowest BCUT2D eigenvalue weighted by Gasteiger charge is -2.30. The van der Waals surface area contributed by atoms with Gasteiger partial charge in [0.25, 0.3) is 0 Å². The summed E-state index contributed by atoms with van der Waals surface area (Å²) < 4.78 is 15.6. The Kier molecular flexibility index (Phi) is 4.04. The van der Waals surface area contributed by atoms with Crippen molar-refractivity contribution < 1.29 is 4.39 Å². The number of aromatic nitrogens is 2. The summed E-state index contributed by atoms with van der Waals surface area (Å²) in [6.07, 6.45) is 6.95. The molecule has 2 heterocycles. The van der Waals surface area contributed by atoms with Crippen molar-refractivity contribution in [2.75, 3.05) is 31.1 Å². The van der Waals surface area contributed by atoms with E-state index in [2.05, 4.69) is 15.3 Å². The zero-order valence-corrected chi connectivity index (χ0v) is 13.3. The molecule has 1 aliphatic heterocycles. The van der Waals surface area contributed by atoms with Gasteiger partial charge in [-0.25, -0.2) is 9.07 Å². The first-order valence-corrected chi connectivity index (χ1v) is 8.62. The van der Waals surface area contributed by atoms with Crippen molar-refractivity contribution in [1.29, 1.82) is 0 Å². The quantitative estimate of drug-likeness (QED) is 0.945. The molecule has 1 aromatic carbocycles. The van der Waals surface area contributed by atoms with E-state index < -0.39 is 0 Å². The Morgan fingerprint density at radius 1 is 1.13 bits per heavy atom. The Balaban J connectivity index is 1.77. The second kappa shape index (κ2) is 6.32. The molecule has 122 valence electrons. The van der Waals surface area contributed by atoms with Gasteiger partial charge >= 0.3 is 0 Å². The number of anilines is 1. The van der Waals surface area contributed by atoms with E-state index in [-0.39, 0.29) is 5.82 Å². The summed E-state index contributed by atoms with van der Waals surface area (Å²) in [5.74, 6) is 0.324. The third-order valence-electron chi connectivity index (χ3n) is 5.04. The van der Waals surface area contributed by atoms with E-state index in [9.17, 15) is 4.39 Å². The summed E-state index contributed by atoms with van der Waals surface area (Å²) in [6, 6.07) is 6.76. The van der Waals surface area contributed by atoms with Gasteiger partial charge in [0.2, 0.25) is 0 Å². The minimum Gasteiger partial charge on any atom is -0.366 e. The molecule has 4 nitrogen and oxygen atoms in total. The van der Waals surface area contributed by atoms with E-state index in [0.717, 1.165) is 31.9 Å². The lowest BCUT2D eigenvalue weighted by Crippen LogP contribution is -2.43. The van der Waals surface area contributed by atoms with E-state index in [0.29, 0.717) is 5.92 Å². The molecule has 2 aliphatic rings. The van der Waals surface area contributed by atoms with E-state index in [1.807, 2.05) is 16.9 Å². The molecule has 2 aromatic rings. The van der Waals surface area contributed by atoms with Gasteiger partial charge in [0.15, 0.2) is 0 Å². The van der Waals surface area contributed by atoms with Crippen LogP contribution in [0.15, 0.2) is 30.5 Å². The monoisotopic (exact) mass is 314 g/mol. The zero-order valence-electron chi connectivity index (χ0n) is 13.3. The number of rotatable bonds is 3. The van der Waals surface area contributed by atoms with Crippen LogP contribution in [0.25, 0.3) is 5.69 Å². The molecule has 0 radical (unpaired) electrons. The van der Waals surface area contributed by atoms with Crippen LogP contribution in [0, 0.1) is 5.82 Å². The Labute approximate surface area is 136 Å². The molecule has 0 unspecified atom stereocenters. The molecule has 5 heteroatoms. The van der Waals surface area contributed by atoms with Crippen molar-refractivity contribution in [3.8, 4) is 5.69 Å². The van der Waals surface area contributed by atoms with E-state index in [1.54, 1.807) is 12.1 Å². The predicted molar refractivity (Wildman–Crippen MR) is 89.8 cm³/mol. The van der Waals surface area contributed by atoms with Crippen LogP contribution in [-0.2, 0) is 0 Å². The molecular weight excluding hydrogens is 291 g/mol. The lowest BCUT2D eigenvalue weighted by atomic mass is 10.0. The van der Waals surface area contributed by atoms with Crippen LogP contribution in [0.2, 0.25) is 0 Å². The van der Waals surface area contributed by atoms with Crippen LogP contribution in [0.3, 0.4) is 0 Å². The maximum absolute atomic E-state index is 13.7. The molecule has 0 atom stereocenters. The molecular formula is C18H23FN4. The highest BCUT2D eigenvalue weighted by Gasteiger charge is 2.28. The minimum absolute atomic E-state index is 0.209. The van der Waals surface area contributed by atoms with Crippen LogP contribution in [0.5, 0.6) is 0 Å². The Morgan fingerprint density at radius 3 is 2.65 bits per heavy atom. The van der Waals surface area contributed by atoms with Gasteiger partial charge in [0.05, 0.1) is 23.3 Å². The maximum atomic E-state index is 13.7. The Bertz CT molecular complexity index is 669. The maximum Gasteiger partial charge on any atom is 0.125 e. The van der Waals surface area contributed by atoms with Crippen molar-refractivity contribution in [1.82, 2.24) is 15.1 Å². The largest absolute Gasteiger partial charge is 0.366 e. The standard InChI is InChI=1S/C18H23FN4/c19-15-6-3-7-16(12-15)23-18(14-4-1-2-5-14)17(13-21-23)22-10-8-20-9-11-22/h3,6-7,12-14,20H,1-2,4-5,8-11H2. The number of nitrogens with zero attached hydrogens (tertiary/aromatic N) is 3. The molecule has 1 N–H and O–H groups in total. The van der Waals surface area contributed by atoms with Gasteiger partial charge in [-0.3, -0.25) is 0 Å². The average molecular weight is 314 g/mol. The van der Waals surface area contributed by atoms with Crippen molar-refractivity contribution in [3.05, 3.63) is 42.0 Å². The average Bonchev–Trinajstić information content (AvgIpc) is 3.25. The molecule has 1 aromatic heterocycles. The first-order chi connectivity index (χ1) is 11.3. The fourth-order valence-electron chi connectivity index (χ4n) is 3.89. The van der Waals surface area contributed by atoms with E-state index in [4.69, 9.17) is 0 Å². The first-order valence-electron chi connectivity index (χ1n) is 8.62. The molecule has 1 aliphatic carbocycles. The van der Waals surface area contributed by atoms with Crippen LogP contribution in [0.1, 0.15) is 37.3 Å². The SMILES string of the molecule is Fc1cccc(-n2ncc(N3CCNCC3)c2C2CCCC2)c1. The van der Waals surface area contributed by atoms with Gasteiger partial charge in [0.1, 0.15) is 5.82 Å². The van der Waals surface area contributed by atoms with Gasteiger partial charge < -0.3 is 10.2 Å². The minimum atomic E-state index is -0.209. The van der Waals surface area contributed by atoms with Crippen LogP contribution >= 0.6 is 0 Å². The van der Waals surface area contributed by atoms with Crippen LogP contribution < -0.4 is 10.2 Å². The van der Waals surface area contributed by atoms with Gasteiger partial charge in [-0.1, -0.05) is 18.9 Å². The third kappa shape index (κ3) is 2.85. The van der Waals surface area contributed by atoms with Crippen molar-refractivity contribution in [2.24, 2.45) is 0 Å². The number of hydrogen-bond donors (Lipinski definition) is 1. The number of nitrogens with one attached hydrogen (secondary N) is 1. The molecule has 0 amide bonds. The third-order valence-corrected chi connectivity index (χ3v) is 5.04. The summed E-state index contributed by atoms with van der Waals surface area (Å²) in [4.78, 5) is 2.42. The molecule has 1 saturated carbocycles. The van der Waals surface area contributed by atoms with Crippen molar-refractivity contribution in [3.63, 3.8) is 0 Å². The zero-order chi connectivity index (χ0) is 15.6. The topological polar surface area (TPSA) is 33.1 Å². The number of hydrogen-bond acceptors (Lipinski definition) is 3. The summed E-state index contributed by atoms with van der Waals surface area (Å²) in [6.45, 7) is 4.04. The van der Waals surface area contributed by atoms with Crippen LogP contribution in [-0.4, -0.2) is 36.0 Å². The fraction of sp³-hybridized carbons (Fsp3) is 0.500. The molecule has 0 spiro atoms. The second-order valence-corrected chi connectivity index (χ2v) is 6.53. The smallest absolute Gasteiger partial charge is 0.125 e. The van der Waals surface area contributed by atoms with Crippen molar-refractivity contribution >= 4 is 5.69 Å². The van der Waals surface area contributed by atoms with E-state index >= 15 is 0 Å². The van der Waals surface area contributed by atoms with Gasteiger partial charge in [-0.05, 0) is 31.0 Å². The fourth-order valence-corrected chi connectivity index (χ4v) is 3.89. The molecule has 23 heavy (non-hydrogen) atoms. The Hall–Kier alpha value is -1.88. The van der Waals surface area contributed by atoms with Gasteiger partial charge in [-0.2, -0.15) is 5.10 Å². The van der Waals surface area contributed by atoms with Crippen LogP contribution in [0.4, 0.5) is 10.1 Å². The number of halogens is 1. The highest BCUT2D eigenvalue weighted by molar-refractivity contribution is 5.54. The lowest BCUT2D eigenvalue weighted by molar-refractivity contribution is 0.581. The summed E-state index contributed by atoms with van der Waals surface area (Å²) >= 11 is 0. The summed E-state index contributed by atoms with van der Waals surface area (Å²) in [5.41, 5.74) is 3.34. The Morgan fingerprint density at radius 2 is 1.91 bits per heavy atom. The van der Waals surface area contributed by atoms with Gasteiger partial charge in [-0.15, -0.1) is 0 Å². The number of piperazine rings is 1. The second-order valence-electron chi connectivity index (χ2n) is 6.53. The van der Waals surface area contributed by atoms with E-state index in [1.165, 1.54) is 43.1 Å². The van der Waals surface area contributed by atoms with Crippen molar-refractivity contribution in [2.45, 2.75) is 31.6 Å². The number of benzene rings is 1. The molecule has 4 rings (SSSR count).